The number of ether oxygens (including phenoxy) is 3. The molecule has 3 rings (SSSR count). The van der Waals surface area contributed by atoms with Gasteiger partial charge in [-0.1, -0.05) is 23.7 Å². The van der Waals surface area contributed by atoms with E-state index in [1.165, 1.54) is 0 Å². The highest BCUT2D eigenvalue weighted by Crippen LogP contribution is 2.29. The van der Waals surface area contributed by atoms with Crippen molar-refractivity contribution in [3.8, 4) is 23.0 Å². The van der Waals surface area contributed by atoms with Crippen LogP contribution in [0.4, 0.5) is 5.69 Å². The summed E-state index contributed by atoms with van der Waals surface area (Å²) >= 11 is 4.48. The van der Waals surface area contributed by atoms with Crippen LogP contribution in [0.25, 0.3) is 0 Å². The van der Waals surface area contributed by atoms with Gasteiger partial charge in [-0.05, 0) is 24.3 Å². The highest BCUT2D eigenvalue weighted by atomic mass is 35.5. The van der Waals surface area contributed by atoms with Gasteiger partial charge in [0.2, 0.25) is 0 Å². The Kier molecular flexibility index (Phi) is 7.11. The summed E-state index contributed by atoms with van der Waals surface area (Å²) in [5.41, 5.74) is 7.25. The highest BCUT2D eigenvalue weighted by Gasteiger charge is 2.16. The van der Waals surface area contributed by atoms with Gasteiger partial charge >= 0.3 is 0 Å². The molecule has 0 saturated heterocycles. The van der Waals surface area contributed by atoms with E-state index >= 15 is 0 Å². The van der Waals surface area contributed by atoms with Crippen molar-refractivity contribution in [3.05, 3.63) is 71.2 Å². The minimum atomic E-state index is -1.51. The smallest absolute Gasteiger partial charge is 0.179 e. The molecule has 8 heteroatoms. The number of methoxy groups -OCH3 is 2. The summed E-state index contributed by atoms with van der Waals surface area (Å²) in [5, 5.41) is 0.560. The molecule has 1 unspecified atom stereocenters. The van der Waals surface area contributed by atoms with E-state index in [2.05, 4.69) is 4.72 Å². The molecule has 0 aliphatic carbocycles. The van der Waals surface area contributed by atoms with Crippen LogP contribution < -0.4 is 24.7 Å². The number of benzene rings is 3. The topological polar surface area (TPSA) is 88.8 Å². The summed E-state index contributed by atoms with van der Waals surface area (Å²) in [6.45, 7) is 0.332. The van der Waals surface area contributed by atoms with Crippen molar-refractivity contribution in [2.75, 3.05) is 20.0 Å². The molecule has 0 heterocycles. The van der Waals surface area contributed by atoms with Gasteiger partial charge in [0.1, 0.15) is 23.0 Å². The lowest BCUT2D eigenvalue weighted by atomic mass is 10.2. The number of nitrogens with one attached hydrogen (secondary N) is 1. The second-order valence-electron chi connectivity index (χ2n) is 6.06. The Bertz CT molecular complexity index is 987. The Balaban J connectivity index is 1.72. The Morgan fingerprint density at radius 3 is 2.52 bits per heavy atom. The molecule has 152 valence electrons. The van der Waals surface area contributed by atoms with Gasteiger partial charge in [-0.3, -0.25) is 0 Å². The quantitative estimate of drug-likeness (QED) is 0.401. The van der Waals surface area contributed by atoms with Crippen molar-refractivity contribution in [2.45, 2.75) is 11.4 Å². The van der Waals surface area contributed by atoms with Crippen LogP contribution in [0.3, 0.4) is 0 Å². The second-order valence-corrected chi connectivity index (χ2v) is 7.80. The normalized spacial score (nSPS) is 11.7. The number of nitrogens with two attached hydrogens (primary N) is 1. The van der Waals surface area contributed by atoms with Gasteiger partial charge in [-0.2, -0.15) is 0 Å². The zero-order valence-electron chi connectivity index (χ0n) is 16.0. The number of nitrogen functional groups attached to an aromatic ring is 1. The molecular weight excluding hydrogens is 412 g/mol. The van der Waals surface area contributed by atoms with E-state index in [4.69, 9.17) is 31.5 Å². The molecule has 3 aromatic rings. The molecule has 0 fully saturated rings. The van der Waals surface area contributed by atoms with Gasteiger partial charge in [0, 0.05) is 40.5 Å². The molecule has 6 nitrogen and oxygen atoms in total. The minimum absolute atomic E-state index is 0.332. The van der Waals surface area contributed by atoms with E-state index in [1.54, 1.807) is 62.8 Å². The lowest BCUT2D eigenvalue weighted by Gasteiger charge is -2.15. The van der Waals surface area contributed by atoms with E-state index in [-0.39, 0.29) is 0 Å². The molecule has 0 aliphatic heterocycles. The van der Waals surface area contributed by atoms with E-state index in [9.17, 15) is 4.55 Å². The van der Waals surface area contributed by atoms with Crippen LogP contribution in [-0.4, -0.2) is 18.8 Å². The monoisotopic (exact) mass is 432 g/mol. The van der Waals surface area contributed by atoms with Crippen LogP contribution in [0, 0.1) is 0 Å². The number of rotatable bonds is 8. The number of hydrogen-bond acceptors (Lipinski definition) is 6. The number of anilines is 1. The van der Waals surface area contributed by atoms with Crippen molar-refractivity contribution in [2.24, 2.45) is 0 Å². The molecule has 29 heavy (non-hydrogen) atoms. The zero-order chi connectivity index (χ0) is 20.8. The summed E-state index contributed by atoms with van der Waals surface area (Å²) in [6.07, 6.45) is 0. The lowest BCUT2D eigenvalue weighted by Crippen LogP contribution is -2.23. The maximum Gasteiger partial charge on any atom is 0.179 e. The van der Waals surface area contributed by atoms with Gasteiger partial charge in [0.25, 0.3) is 0 Å². The van der Waals surface area contributed by atoms with E-state index < -0.39 is 11.4 Å². The van der Waals surface area contributed by atoms with Crippen LogP contribution in [-0.2, 0) is 17.9 Å². The van der Waals surface area contributed by atoms with Crippen molar-refractivity contribution >= 4 is 28.7 Å². The molecule has 0 radical (unpaired) electrons. The standard InChI is InChI=1S/C21H21ClN2O4S/c1-26-17-7-6-14(21(12-17)27-2)13-24-29(25)20-10-16(23)9-19(11-20)28-18-5-3-4-15(22)8-18/h3-12,24H,13,23H2,1-2H3. The van der Waals surface area contributed by atoms with Gasteiger partial charge in [-0.15, -0.1) is 4.72 Å². The van der Waals surface area contributed by atoms with Crippen molar-refractivity contribution in [1.29, 1.82) is 0 Å². The summed E-state index contributed by atoms with van der Waals surface area (Å²) in [4.78, 5) is 0.495. The Morgan fingerprint density at radius 2 is 1.79 bits per heavy atom. The summed E-state index contributed by atoms with van der Waals surface area (Å²) in [7, 11) is 3.16. The Hall–Kier alpha value is -2.58. The number of halogens is 1. The predicted octanol–water partition coefficient (Wildman–Crippen LogP) is 4.54. The molecule has 0 amide bonds. The third kappa shape index (κ3) is 5.71. The second kappa shape index (κ2) is 9.76. The molecular formula is C21H21ClN2O4S. The van der Waals surface area contributed by atoms with Crippen molar-refractivity contribution in [1.82, 2.24) is 4.72 Å². The first-order valence-corrected chi connectivity index (χ1v) is 10.2. The van der Waals surface area contributed by atoms with Crippen LogP contribution in [0.5, 0.6) is 23.0 Å². The van der Waals surface area contributed by atoms with Crippen LogP contribution in [0.1, 0.15) is 5.56 Å². The first-order valence-electron chi connectivity index (χ1n) is 8.68. The molecule has 0 aliphatic rings. The molecule has 0 saturated carbocycles. The third-order valence-electron chi connectivity index (χ3n) is 4.04. The summed E-state index contributed by atoms with van der Waals surface area (Å²) in [5.74, 6) is 2.37. The molecule has 0 aromatic heterocycles. The first kappa shape index (κ1) is 21.1. The van der Waals surface area contributed by atoms with Gasteiger partial charge in [-0.25, -0.2) is 0 Å². The molecule has 1 atom stereocenters. The van der Waals surface area contributed by atoms with Crippen LogP contribution in [0.2, 0.25) is 5.02 Å². The van der Waals surface area contributed by atoms with E-state index in [1.807, 2.05) is 12.1 Å². The average molecular weight is 433 g/mol. The SMILES string of the molecule is COc1ccc(CN[S+]([O-])c2cc(N)cc(Oc3cccc(Cl)c3)c2)c(OC)c1. The lowest BCUT2D eigenvalue weighted by molar-refractivity contribution is 0.390. The Morgan fingerprint density at radius 1 is 0.966 bits per heavy atom. The highest BCUT2D eigenvalue weighted by molar-refractivity contribution is 7.89. The largest absolute Gasteiger partial charge is 0.593 e. The van der Waals surface area contributed by atoms with Gasteiger partial charge < -0.3 is 24.5 Å². The summed E-state index contributed by atoms with van der Waals surface area (Å²) < 4.78 is 32.1. The molecule has 0 spiro atoms. The van der Waals surface area contributed by atoms with Crippen molar-refractivity contribution in [3.63, 3.8) is 0 Å². The van der Waals surface area contributed by atoms with Crippen molar-refractivity contribution < 1.29 is 18.8 Å². The van der Waals surface area contributed by atoms with Crippen LogP contribution >= 0.6 is 11.6 Å². The Labute approximate surface area is 177 Å². The fraction of sp³-hybridized carbons (Fsp3) is 0.143. The maximum absolute atomic E-state index is 12.8. The average Bonchev–Trinajstić information content (AvgIpc) is 2.71. The van der Waals surface area contributed by atoms with Crippen LogP contribution in [0.15, 0.2) is 65.6 Å². The maximum atomic E-state index is 12.8. The molecule has 0 bridgehead atoms. The van der Waals surface area contributed by atoms with E-state index in [0.29, 0.717) is 45.1 Å². The van der Waals surface area contributed by atoms with E-state index in [0.717, 1.165) is 5.56 Å². The summed E-state index contributed by atoms with van der Waals surface area (Å²) in [6, 6.07) is 17.4. The minimum Gasteiger partial charge on any atom is -0.593 e. The predicted molar refractivity (Wildman–Crippen MR) is 115 cm³/mol. The number of hydrogen-bond donors (Lipinski definition) is 2. The fourth-order valence-corrected chi connectivity index (χ4v) is 3.75. The molecule has 3 aromatic carbocycles. The fourth-order valence-electron chi connectivity index (χ4n) is 2.65. The first-order chi connectivity index (χ1) is 14.0. The third-order valence-corrected chi connectivity index (χ3v) is 5.34. The molecule has 3 N–H and O–H groups in total. The van der Waals surface area contributed by atoms with Gasteiger partial charge in [0.15, 0.2) is 4.90 Å². The zero-order valence-corrected chi connectivity index (χ0v) is 17.5. The van der Waals surface area contributed by atoms with Gasteiger partial charge in [0.05, 0.1) is 32.1 Å².